The van der Waals surface area contributed by atoms with Gasteiger partial charge in [-0.1, -0.05) is 18.2 Å². The molecular weight excluding hydrogens is 286 g/mol. The molecule has 0 radical (unpaired) electrons. The van der Waals surface area contributed by atoms with E-state index in [-0.39, 0.29) is 5.91 Å². The topological polar surface area (TPSA) is 29.1 Å². The summed E-state index contributed by atoms with van der Waals surface area (Å²) in [4.78, 5) is 12.6. The maximum atomic E-state index is 11.9. The van der Waals surface area contributed by atoms with Crippen LogP contribution in [0.3, 0.4) is 0 Å². The molecule has 2 rings (SSSR count). The number of benzene rings is 1. The van der Waals surface area contributed by atoms with E-state index in [9.17, 15) is 4.79 Å². The Morgan fingerprint density at radius 1 is 1.25 bits per heavy atom. The molecule has 4 heteroatoms. The van der Waals surface area contributed by atoms with Crippen molar-refractivity contribution in [3.05, 3.63) is 50.6 Å². The van der Waals surface area contributed by atoms with Gasteiger partial charge in [-0.25, -0.2) is 0 Å². The van der Waals surface area contributed by atoms with E-state index < -0.39 is 0 Å². The summed E-state index contributed by atoms with van der Waals surface area (Å²) in [6.45, 7) is 1.97. The summed E-state index contributed by atoms with van der Waals surface area (Å²) in [5.74, 6) is -0.0648. The molecule has 16 heavy (non-hydrogen) atoms. The Balaban J connectivity index is 2.17. The molecule has 1 amide bonds. The Bertz CT molecular complexity index is 521. The molecule has 0 atom stereocenters. The zero-order valence-corrected chi connectivity index (χ0v) is 11.1. The average Bonchev–Trinajstić information content (AvgIpc) is 2.68. The van der Waals surface area contributed by atoms with Gasteiger partial charge in [0.25, 0.3) is 5.91 Å². The third-order valence-corrected chi connectivity index (χ3v) is 3.81. The zero-order valence-electron chi connectivity index (χ0n) is 8.66. The maximum absolute atomic E-state index is 11.9. The summed E-state index contributed by atoms with van der Waals surface area (Å²) in [5, 5.41) is 2.89. The maximum Gasteiger partial charge on any atom is 0.265 e. The number of carbonyl (C=O) groups excluding carboxylic acids is 1. The molecule has 2 nitrogen and oxygen atoms in total. The first-order valence-corrected chi connectivity index (χ1v) is 6.40. The number of amides is 1. The predicted octanol–water partition coefficient (Wildman–Crippen LogP) is 4.07. The fraction of sp³-hybridized carbons (Fsp3) is 0.0833. The number of hydrogen-bond donors (Lipinski definition) is 1. The Morgan fingerprint density at radius 2 is 2.00 bits per heavy atom. The van der Waals surface area contributed by atoms with Crippen molar-refractivity contribution in [2.45, 2.75) is 6.92 Å². The van der Waals surface area contributed by atoms with Crippen LogP contribution in [0.15, 0.2) is 40.2 Å². The molecule has 0 bridgehead atoms. The van der Waals surface area contributed by atoms with E-state index in [1.165, 1.54) is 11.3 Å². The van der Waals surface area contributed by atoms with E-state index >= 15 is 0 Å². The van der Waals surface area contributed by atoms with Gasteiger partial charge in [0.1, 0.15) is 0 Å². The molecule has 1 aromatic carbocycles. The fourth-order valence-electron chi connectivity index (χ4n) is 1.33. The highest BCUT2D eigenvalue weighted by Crippen LogP contribution is 2.23. The van der Waals surface area contributed by atoms with Crippen LogP contribution in [0, 0.1) is 6.92 Å². The van der Waals surface area contributed by atoms with Crippen LogP contribution in [0.4, 0.5) is 5.69 Å². The highest BCUT2D eigenvalue weighted by molar-refractivity contribution is 9.11. The van der Waals surface area contributed by atoms with Gasteiger partial charge in [-0.3, -0.25) is 4.79 Å². The van der Waals surface area contributed by atoms with Crippen molar-refractivity contribution in [3.8, 4) is 0 Å². The van der Waals surface area contributed by atoms with Gasteiger partial charge < -0.3 is 5.32 Å². The lowest BCUT2D eigenvalue weighted by molar-refractivity contribution is 0.103. The van der Waals surface area contributed by atoms with E-state index in [1.54, 1.807) is 0 Å². The summed E-state index contributed by atoms with van der Waals surface area (Å²) in [6, 6.07) is 11.4. The molecule has 0 aliphatic heterocycles. The molecule has 0 saturated carbocycles. The first-order chi connectivity index (χ1) is 7.66. The molecule has 0 fully saturated rings. The summed E-state index contributed by atoms with van der Waals surface area (Å²) >= 11 is 4.76. The zero-order chi connectivity index (χ0) is 11.5. The SMILES string of the molecule is Cc1ccccc1NC(=O)c1ccc(Br)s1. The standard InChI is InChI=1S/C12H10BrNOS/c1-8-4-2-3-5-9(8)14-12(15)10-6-7-11(13)16-10/h2-7H,1H3,(H,14,15). The van der Waals surface area contributed by atoms with E-state index in [0.717, 1.165) is 15.0 Å². The number of anilines is 1. The largest absolute Gasteiger partial charge is 0.321 e. The first-order valence-electron chi connectivity index (χ1n) is 4.79. The molecule has 0 saturated heterocycles. The van der Waals surface area contributed by atoms with Crippen LogP contribution in [0.2, 0.25) is 0 Å². The van der Waals surface area contributed by atoms with Gasteiger partial charge in [0.05, 0.1) is 8.66 Å². The van der Waals surface area contributed by atoms with Gasteiger partial charge in [-0.2, -0.15) is 0 Å². The van der Waals surface area contributed by atoms with Gasteiger partial charge in [-0.15, -0.1) is 11.3 Å². The van der Waals surface area contributed by atoms with Crippen LogP contribution in [-0.2, 0) is 0 Å². The highest BCUT2D eigenvalue weighted by atomic mass is 79.9. The average molecular weight is 296 g/mol. The molecule has 1 N–H and O–H groups in total. The van der Waals surface area contributed by atoms with Crippen LogP contribution in [0.1, 0.15) is 15.2 Å². The third-order valence-electron chi connectivity index (χ3n) is 2.19. The summed E-state index contributed by atoms with van der Waals surface area (Å²) in [6.07, 6.45) is 0. The Hall–Kier alpha value is -1.13. The molecule has 1 aromatic heterocycles. The van der Waals surface area contributed by atoms with Gasteiger partial charge in [0.15, 0.2) is 0 Å². The summed E-state index contributed by atoms with van der Waals surface area (Å²) in [5.41, 5.74) is 1.92. The lowest BCUT2D eigenvalue weighted by Crippen LogP contribution is -2.10. The number of hydrogen-bond acceptors (Lipinski definition) is 2. The predicted molar refractivity (Wildman–Crippen MR) is 71.2 cm³/mol. The molecule has 2 aromatic rings. The number of para-hydroxylation sites is 1. The van der Waals surface area contributed by atoms with E-state index in [4.69, 9.17) is 0 Å². The quantitative estimate of drug-likeness (QED) is 0.889. The van der Waals surface area contributed by atoms with Crippen LogP contribution < -0.4 is 5.32 Å². The van der Waals surface area contributed by atoms with Crippen LogP contribution in [-0.4, -0.2) is 5.91 Å². The normalized spacial score (nSPS) is 10.1. The van der Waals surface area contributed by atoms with Crippen molar-refractivity contribution >= 4 is 38.9 Å². The Kier molecular flexibility index (Phi) is 3.41. The van der Waals surface area contributed by atoms with Crippen LogP contribution >= 0.6 is 27.3 Å². The van der Waals surface area contributed by atoms with E-state index in [2.05, 4.69) is 21.2 Å². The summed E-state index contributed by atoms with van der Waals surface area (Å²) in [7, 11) is 0. The fourth-order valence-corrected chi connectivity index (χ4v) is 2.61. The third kappa shape index (κ3) is 2.51. The van der Waals surface area contributed by atoms with Crippen molar-refractivity contribution in [1.29, 1.82) is 0 Å². The monoisotopic (exact) mass is 295 g/mol. The van der Waals surface area contributed by atoms with Gasteiger partial charge in [0, 0.05) is 5.69 Å². The van der Waals surface area contributed by atoms with Gasteiger partial charge in [0.2, 0.25) is 0 Å². The molecule has 0 spiro atoms. The molecule has 0 aliphatic rings. The van der Waals surface area contributed by atoms with E-state index in [1.807, 2.05) is 43.3 Å². The van der Waals surface area contributed by atoms with Crippen molar-refractivity contribution in [2.75, 3.05) is 5.32 Å². The molecule has 0 aliphatic carbocycles. The molecule has 82 valence electrons. The lowest BCUT2D eigenvalue weighted by atomic mass is 10.2. The highest BCUT2D eigenvalue weighted by Gasteiger charge is 2.09. The van der Waals surface area contributed by atoms with Gasteiger partial charge in [-0.05, 0) is 46.6 Å². The summed E-state index contributed by atoms with van der Waals surface area (Å²) < 4.78 is 0.961. The second kappa shape index (κ2) is 4.80. The van der Waals surface area contributed by atoms with Crippen LogP contribution in [0.25, 0.3) is 0 Å². The minimum absolute atomic E-state index is 0.0648. The number of aryl methyl sites for hydroxylation is 1. The number of halogens is 1. The molecule has 0 unspecified atom stereocenters. The first kappa shape index (κ1) is 11.4. The Labute approximate surface area is 106 Å². The van der Waals surface area contributed by atoms with Crippen molar-refractivity contribution in [2.24, 2.45) is 0 Å². The van der Waals surface area contributed by atoms with Crippen LogP contribution in [0.5, 0.6) is 0 Å². The minimum atomic E-state index is -0.0648. The van der Waals surface area contributed by atoms with E-state index in [0.29, 0.717) is 4.88 Å². The number of thiophene rings is 1. The number of carbonyl (C=O) groups is 1. The smallest absolute Gasteiger partial charge is 0.265 e. The lowest BCUT2D eigenvalue weighted by Gasteiger charge is -2.06. The Morgan fingerprint density at radius 3 is 2.62 bits per heavy atom. The minimum Gasteiger partial charge on any atom is -0.321 e. The number of nitrogens with one attached hydrogen (secondary N) is 1. The molecular formula is C12H10BrNOS. The number of rotatable bonds is 2. The van der Waals surface area contributed by atoms with Crippen molar-refractivity contribution in [1.82, 2.24) is 0 Å². The second-order valence-electron chi connectivity index (χ2n) is 3.37. The molecule has 1 heterocycles. The van der Waals surface area contributed by atoms with Gasteiger partial charge >= 0.3 is 0 Å². The van der Waals surface area contributed by atoms with Crippen molar-refractivity contribution in [3.63, 3.8) is 0 Å². The van der Waals surface area contributed by atoms with Crippen molar-refractivity contribution < 1.29 is 4.79 Å². The second-order valence-corrected chi connectivity index (χ2v) is 5.84.